The summed E-state index contributed by atoms with van der Waals surface area (Å²) in [5.41, 5.74) is 2.55. The Morgan fingerprint density at radius 1 is 0.911 bits per heavy atom. The number of carbonyl (C=O) groups excluding carboxylic acids is 3. The van der Waals surface area contributed by atoms with Crippen molar-refractivity contribution in [1.29, 1.82) is 0 Å². The van der Waals surface area contributed by atoms with Crippen LogP contribution in [0.1, 0.15) is 45.0 Å². The molecule has 1 fully saturated rings. The molecule has 6 rings (SSSR count). The average molecular weight is 624 g/mol. The molecule has 0 saturated carbocycles. The van der Waals surface area contributed by atoms with E-state index in [0.29, 0.717) is 33.9 Å². The minimum Gasteiger partial charge on any atom is -0.443 e. The topological polar surface area (TPSA) is 115 Å². The van der Waals surface area contributed by atoms with E-state index in [1.165, 1.54) is 0 Å². The Morgan fingerprint density at radius 3 is 2.27 bits per heavy atom. The Kier molecular flexibility index (Phi) is 8.63. The average Bonchev–Trinajstić information content (AvgIpc) is 3.65. The van der Waals surface area contributed by atoms with Crippen molar-refractivity contribution in [2.75, 3.05) is 36.5 Å². The van der Waals surface area contributed by atoms with Crippen LogP contribution in [0.15, 0.2) is 91.0 Å². The molecular weight excluding hydrogens is 590 g/mol. The highest BCUT2D eigenvalue weighted by atomic mass is 32.1. The summed E-state index contributed by atoms with van der Waals surface area (Å²) in [6.45, 7) is 6.80. The van der Waals surface area contributed by atoms with Crippen molar-refractivity contribution in [2.24, 2.45) is 0 Å². The number of benzene rings is 3. The Balaban J connectivity index is 1.26. The number of aromatic nitrogens is 2. The quantitative estimate of drug-likeness (QED) is 0.217. The van der Waals surface area contributed by atoms with Crippen LogP contribution >= 0.6 is 11.3 Å². The van der Waals surface area contributed by atoms with E-state index >= 15 is 0 Å². The molecule has 1 aliphatic heterocycles. The molecule has 45 heavy (non-hydrogen) atoms. The Bertz CT molecular complexity index is 1810. The smallest absolute Gasteiger partial charge is 0.436 e. The second kappa shape index (κ2) is 12.9. The Hall–Kier alpha value is -5.00. The van der Waals surface area contributed by atoms with E-state index in [1.54, 1.807) is 18.2 Å². The fourth-order valence-electron chi connectivity index (χ4n) is 5.11. The third-order valence-corrected chi connectivity index (χ3v) is 8.73. The number of anilines is 2. The largest absolute Gasteiger partial charge is 0.443 e. The number of amides is 2. The first-order chi connectivity index (χ1) is 21.8. The highest BCUT2D eigenvalue weighted by Crippen LogP contribution is 2.33. The molecular formula is C34H33N5O5S. The molecule has 0 bridgehead atoms. The number of hydrogen-bond donors (Lipinski definition) is 2. The second-order valence-corrected chi connectivity index (χ2v) is 12.2. The highest BCUT2D eigenvalue weighted by molar-refractivity contribution is 7.20. The summed E-state index contributed by atoms with van der Waals surface area (Å²) >= 11 is 1.10. The summed E-state index contributed by atoms with van der Waals surface area (Å²) in [5, 5.41) is 10.8. The number of carbonyl (C=O) groups is 3. The van der Waals surface area contributed by atoms with Gasteiger partial charge in [-0.1, -0.05) is 60.7 Å². The van der Waals surface area contributed by atoms with Crippen LogP contribution < -0.4 is 15.5 Å². The maximum atomic E-state index is 13.5. The van der Waals surface area contributed by atoms with Gasteiger partial charge in [0, 0.05) is 24.3 Å². The molecule has 230 valence electrons. The van der Waals surface area contributed by atoms with Gasteiger partial charge in [-0.05, 0) is 55.3 Å². The molecule has 2 aromatic heterocycles. The third kappa shape index (κ3) is 6.74. The fourth-order valence-corrected chi connectivity index (χ4v) is 6.11. The molecule has 11 heteroatoms. The number of fused-ring (bicyclic) bond motifs is 1. The van der Waals surface area contributed by atoms with Gasteiger partial charge < -0.3 is 25.0 Å². The number of ether oxygens (including phenoxy) is 2. The number of rotatable bonds is 8. The summed E-state index contributed by atoms with van der Waals surface area (Å²) in [6, 6.07) is 27.9. The lowest BCUT2D eigenvalue weighted by atomic mass is 9.94. The molecule has 0 unspecified atom stereocenters. The predicted molar refractivity (Wildman–Crippen MR) is 174 cm³/mol. The lowest BCUT2D eigenvalue weighted by molar-refractivity contribution is 0.0915. The highest BCUT2D eigenvalue weighted by Gasteiger charge is 2.27. The first kappa shape index (κ1) is 30.0. The maximum absolute atomic E-state index is 13.5. The SMILES string of the molecule is CC(C)(NC(=O)c1cc2c(NC(=O)c3ccc(N4CCOCC4)cc3)nn(C(=O)OCc3ccccc3)c2s1)c1ccccc1. The molecule has 0 aliphatic carbocycles. The Morgan fingerprint density at radius 2 is 1.58 bits per heavy atom. The van der Waals surface area contributed by atoms with Crippen molar-refractivity contribution < 1.29 is 23.9 Å². The summed E-state index contributed by atoms with van der Waals surface area (Å²) in [4.78, 5) is 43.0. The lowest BCUT2D eigenvalue weighted by Gasteiger charge is -2.28. The van der Waals surface area contributed by atoms with E-state index in [1.807, 2.05) is 86.6 Å². The van der Waals surface area contributed by atoms with Crippen LogP contribution in [-0.4, -0.2) is 54.0 Å². The Labute approximate surface area is 264 Å². The molecule has 5 aromatic rings. The number of nitrogens with zero attached hydrogens (tertiary/aromatic N) is 3. The maximum Gasteiger partial charge on any atom is 0.436 e. The predicted octanol–water partition coefficient (Wildman–Crippen LogP) is 6.04. The van der Waals surface area contributed by atoms with Gasteiger partial charge in [0.2, 0.25) is 0 Å². The minimum absolute atomic E-state index is 0.0438. The van der Waals surface area contributed by atoms with Gasteiger partial charge in [-0.25, -0.2) is 4.79 Å². The number of hydrogen-bond acceptors (Lipinski definition) is 8. The van der Waals surface area contributed by atoms with E-state index < -0.39 is 17.5 Å². The normalized spacial score (nSPS) is 13.4. The van der Waals surface area contributed by atoms with E-state index in [9.17, 15) is 14.4 Å². The molecule has 1 saturated heterocycles. The summed E-state index contributed by atoms with van der Waals surface area (Å²) in [6.07, 6.45) is -0.724. The molecule has 2 N–H and O–H groups in total. The van der Waals surface area contributed by atoms with Crippen LogP contribution in [0.4, 0.5) is 16.3 Å². The summed E-state index contributed by atoms with van der Waals surface area (Å²) < 4.78 is 12.1. The van der Waals surface area contributed by atoms with Gasteiger partial charge >= 0.3 is 6.09 Å². The van der Waals surface area contributed by atoms with E-state index in [-0.39, 0.29) is 18.3 Å². The zero-order valence-corrected chi connectivity index (χ0v) is 25.8. The van der Waals surface area contributed by atoms with Crippen LogP contribution in [0.25, 0.3) is 10.2 Å². The van der Waals surface area contributed by atoms with Crippen molar-refractivity contribution in [3.8, 4) is 0 Å². The fraction of sp³-hybridized carbons (Fsp3) is 0.235. The van der Waals surface area contributed by atoms with Gasteiger partial charge in [-0.15, -0.1) is 16.4 Å². The van der Waals surface area contributed by atoms with Gasteiger partial charge in [0.25, 0.3) is 11.8 Å². The molecule has 0 spiro atoms. The van der Waals surface area contributed by atoms with Gasteiger partial charge in [0.1, 0.15) is 11.4 Å². The third-order valence-electron chi connectivity index (χ3n) is 7.62. The van der Waals surface area contributed by atoms with Crippen LogP contribution in [0.5, 0.6) is 0 Å². The zero-order chi connectivity index (χ0) is 31.4. The summed E-state index contributed by atoms with van der Waals surface area (Å²) in [5.74, 6) is -0.554. The van der Waals surface area contributed by atoms with E-state index in [0.717, 1.165) is 45.9 Å². The van der Waals surface area contributed by atoms with Crippen LogP contribution in [0.2, 0.25) is 0 Å². The van der Waals surface area contributed by atoms with Gasteiger partial charge in [0.05, 0.1) is 29.0 Å². The number of thiophene rings is 1. The van der Waals surface area contributed by atoms with Crippen molar-refractivity contribution in [1.82, 2.24) is 15.1 Å². The van der Waals surface area contributed by atoms with Gasteiger partial charge in [-0.2, -0.15) is 4.68 Å². The second-order valence-electron chi connectivity index (χ2n) is 11.2. The summed E-state index contributed by atoms with van der Waals surface area (Å²) in [7, 11) is 0. The lowest BCUT2D eigenvalue weighted by Crippen LogP contribution is -2.40. The molecule has 1 aliphatic rings. The van der Waals surface area contributed by atoms with Crippen molar-refractivity contribution in [3.63, 3.8) is 0 Å². The molecule has 0 radical (unpaired) electrons. The molecule has 3 heterocycles. The van der Waals surface area contributed by atoms with Gasteiger partial charge in [0.15, 0.2) is 5.82 Å². The standard InChI is InChI=1S/C34H33N5O5S/c1-34(2,25-11-7-4-8-12-25)36-31(41)28-21-27-29(35-30(40)24-13-15-26(16-14-24)38-17-19-43-20-18-38)37-39(32(27)45-28)33(42)44-22-23-9-5-3-6-10-23/h3-16,21H,17-20,22H2,1-2H3,(H,36,41)(H,35,37,40). The van der Waals surface area contributed by atoms with Crippen molar-refractivity contribution >= 4 is 51.0 Å². The van der Waals surface area contributed by atoms with Gasteiger partial charge in [-0.3, -0.25) is 9.59 Å². The van der Waals surface area contributed by atoms with Crippen LogP contribution in [0.3, 0.4) is 0 Å². The molecule has 0 atom stereocenters. The first-order valence-electron chi connectivity index (χ1n) is 14.6. The van der Waals surface area contributed by atoms with E-state index in [4.69, 9.17) is 9.47 Å². The van der Waals surface area contributed by atoms with Crippen molar-refractivity contribution in [2.45, 2.75) is 26.0 Å². The van der Waals surface area contributed by atoms with Crippen LogP contribution in [-0.2, 0) is 21.6 Å². The number of morpholine rings is 1. The molecule has 2 amide bonds. The monoisotopic (exact) mass is 623 g/mol. The number of nitrogens with one attached hydrogen (secondary N) is 2. The first-order valence-corrected chi connectivity index (χ1v) is 15.5. The van der Waals surface area contributed by atoms with Crippen molar-refractivity contribution in [3.05, 3.63) is 113 Å². The van der Waals surface area contributed by atoms with Crippen LogP contribution in [0, 0.1) is 0 Å². The molecule has 3 aromatic carbocycles. The zero-order valence-electron chi connectivity index (χ0n) is 25.0. The molecule has 10 nitrogen and oxygen atoms in total. The minimum atomic E-state index is -0.724. The van der Waals surface area contributed by atoms with E-state index in [2.05, 4.69) is 20.6 Å².